The molecule has 1 aliphatic carbocycles. The number of halogens is 6. The number of alkyl halides is 3. The van der Waals surface area contributed by atoms with Crippen LogP contribution in [-0.4, -0.2) is 61.3 Å². The minimum atomic E-state index is -4.62. The predicted octanol–water partition coefficient (Wildman–Crippen LogP) is 6.34. The van der Waals surface area contributed by atoms with Gasteiger partial charge >= 0.3 is 6.18 Å². The first kappa shape index (κ1) is 33.9. The molecule has 1 heterocycles. The van der Waals surface area contributed by atoms with Crippen molar-refractivity contribution in [1.82, 2.24) is 10.2 Å². The summed E-state index contributed by atoms with van der Waals surface area (Å²) < 4.78 is 70.3. The van der Waals surface area contributed by atoms with Crippen LogP contribution in [0.5, 0.6) is 5.75 Å². The number of rotatable bonds is 9. The molecule has 15 heteroatoms. The van der Waals surface area contributed by atoms with Gasteiger partial charge in [-0.2, -0.15) is 18.4 Å². The van der Waals surface area contributed by atoms with Crippen LogP contribution in [0.3, 0.4) is 0 Å². The van der Waals surface area contributed by atoms with Crippen LogP contribution in [0.25, 0.3) is 0 Å². The maximum atomic E-state index is 14.4. The van der Waals surface area contributed by atoms with Gasteiger partial charge < -0.3 is 15.0 Å². The van der Waals surface area contributed by atoms with E-state index >= 15 is 0 Å². The van der Waals surface area contributed by atoms with Gasteiger partial charge in [0, 0.05) is 22.7 Å². The van der Waals surface area contributed by atoms with Gasteiger partial charge in [-0.1, -0.05) is 59.1 Å². The molecule has 0 radical (unpaired) electrons. The Balaban J connectivity index is 1.50. The van der Waals surface area contributed by atoms with Crippen molar-refractivity contribution in [2.24, 2.45) is 0 Å². The molecule has 2 amide bonds. The number of nitrogens with one attached hydrogen (secondary N) is 1. The molecule has 2 atom stereocenters. The molecule has 1 saturated heterocycles. The fraction of sp³-hybridized carbons (Fsp3) is 0.323. The van der Waals surface area contributed by atoms with E-state index < -0.39 is 68.6 Å². The summed E-state index contributed by atoms with van der Waals surface area (Å²) in [6.07, 6.45) is -4.12. The summed E-state index contributed by atoms with van der Waals surface area (Å²) in [5.74, 6) is -2.53. The second-order valence-corrected chi connectivity index (χ2v) is 14.6. The molecule has 0 aromatic heterocycles. The van der Waals surface area contributed by atoms with Crippen LogP contribution in [0.4, 0.5) is 13.2 Å². The van der Waals surface area contributed by atoms with Crippen LogP contribution in [0, 0.1) is 11.3 Å². The zero-order valence-electron chi connectivity index (χ0n) is 23.7. The second-order valence-electron chi connectivity index (χ2n) is 11.1. The van der Waals surface area contributed by atoms with Crippen molar-refractivity contribution in [3.05, 3.63) is 92.9 Å². The molecule has 1 aliphatic heterocycles. The van der Waals surface area contributed by atoms with E-state index in [1.807, 2.05) is 0 Å². The van der Waals surface area contributed by atoms with E-state index in [1.54, 1.807) is 48.5 Å². The van der Waals surface area contributed by atoms with Crippen molar-refractivity contribution < 1.29 is 35.9 Å². The van der Waals surface area contributed by atoms with E-state index in [1.165, 1.54) is 4.90 Å². The number of carbonyl (C=O) groups excluding carboxylic acids is 2. The predicted molar refractivity (Wildman–Crippen MR) is 165 cm³/mol. The smallest absolute Gasteiger partial charge is 0.422 e. The number of benzene rings is 3. The lowest BCUT2D eigenvalue weighted by molar-refractivity contribution is -0.153. The molecule has 8 nitrogen and oxygen atoms in total. The average molecular weight is 715 g/mol. The van der Waals surface area contributed by atoms with Crippen molar-refractivity contribution in [1.29, 1.82) is 5.26 Å². The van der Waals surface area contributed by atoms with Crippen LogP contribution in [-0.2, 0) is 19.4 Å². The number of nitriles is 1. The lowest BCUT2D eigenvalue weighted by Gasteiger charge is -2.29. The van der Waals surface area contributed by atoms with Gasteiger partial charge in [0.25, 0.3) is 0 Å². The topological polar surface area (TPSA) is 117 Å². The molecule has 3 aromatic rings. The number of nitrogens with zero attached hydrogens (tertiary/aromatic N) is 2. The van der Waals surface area contributed by atoms with Crippen LogP contribution in [0.2, 0.25) is 15.1 Å². The number of sulfone groups is 1. The normalized spacial score (nSPS) is 19.0. The third kappa shape index (κ3) is 7.39. The highest BCUT2D eigenvalue weighted by molar-refractivity contribution is 7.92. The summed E-state index contributed by atoms with van der Waals surface area (Å²) in [5.41, 5.74) is -0.0462. The first-order chi connectivity index (χ1) is 21.6. The fourth-order valence-electron chi connectivity index (χ4n) is 5.32. The molecule has 1 saturated carbocycles. The lowest BCUT2D eigenvalue weighted by Crippen LogP contribution is -2.50. The van der Waals surface area contributed by atoms with E-state index in [4.69, 9.17) is 34.8 Å². The van der Waals surface area contributed by atoms with Crippen LogP contribution in [0.15, 0.2) is 71.6 Å². The van der Waals surface area contributed by atoms with Crippen molar-refractivity contribution in [3.63, 3.8) is 0 Å². The zero-order valence-corrected chi connectivity index (χ0v) is 26.8. The van der Waals surface area contributed by atoms with Gasteiger partial charge in [-0.05, 0) is 66.8 Å². The Hall–Kier alpha value is -3.50. The first-order valence-corrected chi connectivity index (χ1v) is 16.6. The summed E-state index contributed by atoms with van der Waals surface area (Å²) in [6.45, 7) is -2.00. The summed E-state index contributed by atoms with van der Waals surface area (Å²) in [7, 11) is -4.35. The van der Waals surface area contributed by atoms with Crippen molar-refractivity contribution in [2.75, 3.05) is 13.2 Å². The first-order valence-electron chi connectivity index (χ1n) is 13.9. The Labute approximate surface area is 277 Å². The van der Waals surface area contributed by atoms with Crippen LogP contribution in [0.1, 0.15) is 36.3 Å². The zero-order chi connectivity index (χ0) is 33.4. The van der Waals surface area contributed by atoms with E-state index in [0.717, 1.165) is 18.2 Å². The second kappa shape index (κ2) is 13.0. The molecule has 1 N–H and O–H groups in total. The summed E-state index contributed by atoms with van der Waals surface area (Å²) >= 11 is 18.4. The monoisotopic (exact) mass is 713 g/mol. The SMILES string of the molecule is N#CC1(NC(=O)C2CC(S(=O)(=O)c3ccc(OCC(F)(F)F)cc3Cl)CN2C(=O)C(c2ccc(Cl)cc2)c2ccc(Cl)cc2)CC1. The fourth-order valence-corrected chi connectivity index (χ4v) is 7.81. The van der Waals surface area contributed by atoms with E-state index in [-0.39, 0.29) is 17.2 Å². The maximum Gasteiger partial charge on any atom is 0.422 e. The molecular formula is C31H25Cl3F3N3O5S. The summed E-state index contributed by atoms with van der Waals surface area (Å²) in [4.78, 5) is 28.8. The molecule has 46 heavy (non-hydrogen) atoms. The van der Waals surface area contributed by atoms with Crippen LogP contribution < -0.4 is 10.1 Å². The van der Waals surface area contributed by atoms with Gasteiger partial charge in [-0.3, -0.25) is 9.59 Å². The van der Waals surface area contributed by atoms with Gasteiger partial charge in [0.1, 0.15) is 17.3 Å². The Morgan fingerprint density at radius 2 is 1.57 bits per heavy atom. The highest BCUT2D eigenvalue weighted by atomic mass is 35.5. The maximum absolute atomic E-state index is 14.4. The molecular weight excluding hydrogens is 690 g/mol. The molecule has 2 unspecified atom stereocenters. The molecule has 242 valence electrons. The number of likely N-dealkylation sites (tertiary alicyclic amines) is 1. The number of hydrogen-bond donors (Lipinski definition) is 1. The third-order valence-electron chi connectivity index (χ3n) is 7.88. The standard InChI is InChI=1S/C31H25Cl3F3N3O5S/c32-20-5-1-18(2-6-20)27(19-3-7-21(33)8-4-19)29(42)40-15-23(14-25(40)28(41)39-30(16-38)11-12-30)46(43,44)26-10-9-22(13-24(26)34)45-17-31(35,36)37/h1-10,13,23,25,27H,11-12,14-15,17H2,(H,39,41). The molecule has 0 bridgehead atoms. The lowest BCUT2D eigenvalue weighted by atomic mass is 9.89. The van der Waals surface area contributed by atoms with Gasteiger partial charge in [-0.25, -0.2) is 8.42 Å². The molecule has 0 spiro atoms. The highest BCUT2D eigenvalue weighted by Crippen LogP contribution is 2.39. The minimum Gasteiger partial charge on any atom is -0.484 e. The average Bonchev–Trinajstić information content (AvgIpc) is 3.62. The van der Waals surface area contributed by atoms with E-state index in [0.29, 0.717) is 34.0 Å². The highest BCUT2D eigenvalue weighted by Gasteiger charge is 2.51. The largest absolute Gasteiger partial charge is 0.484 e. The van der Waals surface area contributed by atoms with Gasteiger partial charge in [-0.15, -0.1) is 0 Å². The summed E-state index contributed by atoms with van der Waals surface area (Å²) in [5, 5.41) is 11.4. The van der Waals surface area contributed by atoms with Crippen molar-refractivity contribution >= 4 is 56.5 Å². The van der Waals surface area contributed by atoms with Gasteiger partial charge in [0.05, 0.1) is 27.2 Å². The molecule has 2 aliphatic rings. The summed E-state index contributed by atoms with van der Waals surface area (Å²) in [6, 6.07) is 16.8. The van der Waals surface area contributed by atoms with E-state index in [9.17, 15) is 36.4 Å². The van der Waals surface area contributed by atoms with Gasteiger partial charge in [0.15, 0.2) is 16.4 Å². The van der Waals surface area contributed by atoms with E-state index in [2.05, 4.69) is 16.1 Å². The Kier molecular flexibility index (Phi) is 9.53. The van der Waals surface area contributed by atoms with Gasteiger partial charge in [0.2, 0.25) is 11.8 Å². The third-order valence-corrected chi connectivity index (χ3v) is 11.0. The molecule has 2 fully saturated rings. The Morgan fingerprint density at radius 3 is 2.04 bits per heavy atom. The number of ether oxygens (including phenoxy) is 1. The molecule has 3 aromatic carbocycles. The number of hydrogen-bond acceptors (Lipinski definition) is 6. The molecule has 5 rings (SSSR count). The quantitative estimate of drug-likeness (QED) is 0.277. The number of carbonyl (C=O) groups is 2. The minimum absolute atomic E-state index is 0.290. The van der Waals surface area contributed by atoms with Crippen molar-refractivity contribution in [2.45, 2.75) is 53.1 Å². The van der Waals surface area contributed by atoms with Crippen LogP contribution >= 0.6 is 34.8 Å². The Morgan fingerprint density at radius 1 is 1.00 bits per heavy atom. The Bertz CT molecular complexity index is 1750. The number of amides is 2. The van der Waals surface area contributed by atoms with Crippen molar-refractivity contribution in [3.8, 4) is 11.8 Å².